The predicted molar refractivity (Wildman–Crippen MR) is 104 cm³/mol. The van der Waals surface area contributed by atoms with Crippen molar-refractivity contribution < 1.29 is 13.5 Å². The third-order valence-corrected chi connectivity index (χ3v) is 5.72. The summed E-state index contributed by atoms with van der Waals surface area (Å²) in [5, 5.41) is 0.808. The Hall–Kier alpha value is -2.62. The highest BCUT2D eigenvalue weighted by Gasteiger charge is 2.39. The fourth-order valence-electron chi connectivity index (χ4n) is 4.15. The Bertz CT molecular complexity index is 1110. The Morgan fingerprint density at radius 1 is 1.26 bits per heavy atom. The summed E-state index contributed by atoms with van der Waals surface area (Å²) >= 11 is -2.16. The number of rotatable bonds is 4. The standard InChI is InChI=1S/C18H18N4O4S/c23-18-17-13(3-4-19-17)15(7-20-18)14-5-10(21-27(24)25)1-2-16(14)22-8-12-6-11(22)9-26-12/h1-5,7,11-12,19,21H,6,8-9H2,(H,20,23)(H,24,25). The van der Waals surface area contributed by atoms with Gasteiger partial charge < -0.3 is 19.6 Å². The van der Waals surface area contributed by atoms with Gasteiger partial charge in [-0.2, -0.15) is 0 Å². The lowest BCUT2D eigenvalue weighted by Crippen LogP contribution is -2.37. The van der Waals surface area contributed by atoms with Crippen LogP contribution in [0.5, 0.6) is 0 Å². The summed E-state index contributed by atoms with van der Waals surface area (Å²) in [4.78, 5) is 20.2. The van der Waals surface area contributed by atoms with Gasteiger partial charge in [0.05, 0.1) is 18.8 Å². The molecule has 27 heavy (non-hydrogen) atoms. The van der Waals surface area contributed by atoms with Crippen molar-refractivity contribution in [1.29, 1.82) is 0 Å². The Labute approximate surface area is 157 Å². The molecule has 2 fully saturated rings. The Balaban J connectivity index is 1.70. The van der Waals surface area contributed by atoms with E-state index >= 15 is 0 Å². The van der Waals surface area contributed by atoms with Crippen molar-refractivity contribution in [3.8, 4) is 11.1 Å². The second-order valence-electron chi connectivity index (χ2n) is 6.88. The van der Waals surface area contributed by atoms with Crippen molar-refractivity contribution in [1.82, 2.24) is 9.97 Å². The molecule has 140 valence electrons. The third-order valence-electron chi connectivity index (χ3n) is 5.31. The van der Waals surface area contributed by atoms with Crippen molar-refractivity contribution in [3.63, 3.8) is 0 Å². The first-order valence-electron chi connectivity index (χ1n) is 8.69. The molecule has 3 aromatic rings. The second-order valence-corrected chi connectivity index (χ2v) is 7.58. The van der Waals surface area contributed by atoms with Crippen LogP contribution in [0.2, 0.25) is 0 Å². The number of pyridine rings is 1. The summed E-state index contributed by atoms with van der Waals surface area (Å²) in [6.07, 6.45) is 4.68. The number of aromatic nitrogens is 2. The van der Waals surface area contributed by atoms with Crippen molar-refractivity contribution >= 4 is 33.5 Å². The Morgan fingerprint density at radius 3 is 2.89 bits per heavy atom. The van der Waals surface area contributed by atoms with Crippen LogP contribution in [0.1, 0.15) is 6.42 Å². The van der Waals surface area contributed by atoms with Crippen LogP contribution in [0.25, 0.3) is 22.0 Å². The van der Waals surface area contributed by atoms with Crippen LogP contribution < -0.4 is 15.2 Å². The molecule has 0 spiro atoms. The number of aromatic amines is 2. The van der Waals surface area contributed by atoms with Gasteiger partial charge in [0.1, 0.15) is 5.52 Å². The number of fused-ring (bicyclic) bond motifs is 3. The van der Waals surface area contributed by atoms with Crippen LogP contribution in [0.15, 0.2) is 41.5 Å². The number of ether oxygens (including phenoxy) is 1. The van der Waals surface area contributed by atoms with Gasteiger partial charge in [-0.15, -0.1) is 0 Å². The van der Waals surface area contributed by atoms with E-state index in [0.717, 1.165) is 35.2 Å². The van der Waals surface area contributed by atoms with Crippen LogP contribution in [-0.2, 0) is 16.0 Å². The molecule has 0 radical (unpaired) electrons. The molecule has 4 N–H and O–H groups in total. The van der Waals surface area contributed by atoms with Crippen LogP contribution in [-0.4, -0.2) is 44.0 Å². The van der Waals surface area contributed by atoms with Gasteiger partial charge in [-0.1, -0.05) is 0 Å². The summed E-state index contributed by atoms with van der Waals surface area (Å²) < 4.78 is 28.6. The number of benzene rings is 1. The maximum atomic E-state index is 12.1. The summed E-state index contributed by atoms with van der Waals surface area (Å²) in [5.74, 6) is 0. The van der Waals surface area contributed by atoms with E-state index < -0.39 is 11.3 Å². The van der Waals surface area contributed by atoms with Crippen molar-refractivity contribution in [3.05, 3.63) is 47.0 Å². The topological polar surface area (TPSA) is 110 Å². The smallest absolute Gasteiger partial charge is 0.272 e. The van der Waals surface area contributed by atoms with E-state index in [2.05, 4.69) is 19.6 Å². The molecule has 3 atom stereocenters. The van der Waals surface area contributed by atoms with Crippen LogP contribution in [0, 0.1) is 0 Å². The largest absolute Gasteiger partial charge is 0.374 e. The lowest BCUT2D eigenvalue weighted by atomic mass is 10.00. The molecule has 4 heterocycles. The molecule has 0 aliphatic carbocycles. The van der Waals surface area contributed by atoms with E-state index in [9.17, 15) is 13.6 Å². The number of anilines is 2. The minimum Gasteiger partial charge on any atom is -0.374 e. The Kier molecular flexibility index (Phi) is 3.81. The first kappa shape index (κ1) is 16.5. The molecular formula is C18H18N4O4S. The first-order chi connectivity index (χ1) is 13.1. The Morgan fingerprint density at radius 2 is 2.15 bits per heavy atom. The quantitative estimate of drug-likeness (QED) is 0.513. The number of morpholine rings is 1. The molecule has 0 amide bonds. The fourth-order valence-corrected chi connectivity index (χ4v) is 4.48. The molecule has 2 aliphatic rings. The summed E-state index contributed by atoms with van der Waals surface area (Å²) in [6, 6.07) is 7.78. The number of hydrogen-bond donors (Lipinski definition) is 4. The zero-order chi connectivity index (χ0) is 18.5. The predicted octanol–water partition coefficient (Wildman–Crippen LogP) is 2.05. The van der Waals surface area contributed by atoms with Crippen LogP contribution >= 0.6 is 0 Å². The summed E-state index contributed by atoms with van der Waals surface area (Å²) in [5.41, 5.74) is 3.63. The SMILES string of the molecule is O=c1[nH]cc(-c2cc(NS(=O)O)ccc2N2CC3CC2CO3)c2cc[nH]c12. The summed E-state index contributed by atoms with van der Waals surface area (Å²) in [6.45, 7) is 1.52. The van der Waals surface area contributed by atoms with Gasteiger partial charge in [-0.25, -0.2) is 4.21 Å². The van der Waals surface area contributed by atoms with Gasteiger partial charge in [0.15, 0.2) is 0 Å². The average Bonchev–Trinajstić information content (AvgIpc) is 3.38. The van der Waals surface area contributed by atoms with Gasteiger partial charge in [0.25, 0.3) is 16.8 Å². The van der Waals surface area contributed by atoms with Crippen molar-refractivity contribution in [2.45, 2.75) is 18.6 Å². The molecule has 2 aliphatic heterocycles. The molecule has 2 aromatic heterocycles. The van der Waals surface area contributed by atoms with E-state index in [4.69, 9.17) is 4.74 Å². The zero-order valence-corrected chi connectivity index (χ0v) is 15.1. The van der Waals surface area contributed by atoms with Gasteiger partial charge >= 0.3 is 0 Å². The molecule has 8 nitrogen and oxygen atoms in total. The maximum absolute atomic E-state index is 12.1. The highest BCUT2D eigenvalue weighted by atomic mass is 32.2. The molecule has 2 bridgehead atoms. The van der Waals surface area contributed by atoms with E-state index in [1.54, 1.807) is 18.5 Å². The monoisotopic (exact) mass is 386 g/mol. The highest BCUT2D eigenvalue weighted by molar-refractivity contribution is 7.80. The molecule has 2 saturated heterocycles. The van der Waals surface area contributed by atoms with Crippen LogP contribution in [0.3, 0.4) is 0 Å². The molecule has 1 aromatic carbocycles. The fraction of sp³-hybridized carbons (Fsp3) is 0.278. The normalized spacial score (nSPS) is 22.5. The average molecular weight is 386 g/mol. The van der Waals surface area contributed by atoms with Crippen molar-refractivity contribution in [2.24, 2.45) is 0 Å². The van der Waals surface area contributed by atoms with E-state index in [0.29, 0.717) is 23.9 Å². The van der Waals surface area contributed by atoms with E-state index in [1.807, 2.05) is 18.2 Å². The molecule has 3 unspecified atom stereocenters. The lowest BCUT2D eigenvalue weighted by molar-refractivity contribution is 0.0992. The van der Waals surface area contributed by atoms with Gasteiger partial charge in [0, 0.05) is 46.8 Å². The number of nitrogens with one attached hydrogen (secondary N) is 3. The third kappa shape index (κ3) is 2.75. The van der Waals surface area contributed by atoms with Gasteiger partial charge in [-0.05, 0) is 30.7 Å². The van der Waals surface area contributed by atoms with E-state index in [-0.39, 0.29) is 11.7 Å². The molecule has 9 heteroatoms. The highest BCUT2D eigenvalue weighted by Crippen LogP contribution is 2.41. The van der Waals surface area contributed by atoms with Crippen molar-refractivity contribution in [2.75, 3.05) is 22.8 Å². The minimum atomic E-state index is -2.16. The van der Waals surface area contributed by atoms with E-state index in [1.165, 1.54) is 0 Å². The second kappa shape index (κ2) is 6.22. The molecular weight excluding hydrogens is 368 g/mol. The number of nitrogens with zero attached hydrogens (tertiary/aromatic N) is 1. The maximum Gasteiger partial charge on any atom is 0.272 e. The zero-order valence-electron chi connectivity index (χ0n) is 14.3. The number of H-pyrrole nitrogens is 2. The van der Waals surface area contributed by atoms with Gasteiger partial charge in [0.2, 0.25) is 0 Å². The minimum absolute atomic E-state index is 0.181. The number of hydrogen-bond acceptors (Lipinski definition) is 4. The summed E-state index contributed by atoms with van der Waals surface area (Å²) in [7, 11) is 0. The molecule has 0 saturated carbocycles. The van der Waals surface area contributed by atoms with Gasteiger partial charge in [-0.3, -0.25) is 14.1 Å². The van der Waals surface area contributed by atoms with Crippen LogP contribution in [0.4, 0.5) is 11.4 Å². The first-order valence-corrected chi connectivity index (χ1v) is 9.80. The molecule has 5 rings (SSSR count). The lowest BCUT2D eigenvalue weighted by Gasteiger charge is -2.31.